The summed E-state index contributed by atoms with van der Waals surface area (Å²) in [5.41, 5.74) is 12.3. The van der Waals surface area contributed by atoms with Crippen molar-refractivity contribution in [3.63, 3.8) is 0 Å². The van der Waals surface area contributed by atoms with E-state index in [4.69, 9.17) is 19.4 Å². The van der Waals surface area contributed by atoms with Crippen LogP contribution in [0.3, 0.4) is 0 Å². The standard InChI is InChI=1S/C51H34N4O/c1-3-14-33(15-4-1)35-18-11-20-37(30-35)49-52-50(38-21-12-19-36(31-38)34-16-5-2-6-17-34)54-51(53-49)43-24-13-27-46-48(43)42-29-28-39(32-47(42)56-46)55-44-25-9-7-22-40(44)41-23-8-10-26-45(41)55/h1,3-5,7-32H,2,6H2. The molecule has 0 N–H and O–H groups in total. The van der Waals surface area contributed by atoms with Crippen LogP contribution in [0.5, 0.6) is 0 Å². The maximum atomic E-state index is 6.66. The SMILES string of the molecule is C1=CC(c2cccc(-c3nc(-c4cccc(-c5ccccc5)c4)nc(-c4cccc5oc6cc(-n7c8ccccc8c8ccccc87)ccc6c45)n3)c2)=CCC1. The largest absolute Gasteiger partial charge is 0.456 e. The molecule has 5 heteroatoms. The van der Waals surface area contributed by atoms with Crippen LogP contribution in [0, 0.1) is 0 Å². The van der Waals surface area contributed by atoms with Gasteiger partial charge in [-0.2, -0.15) is 0 Å². The van der Waals surface area contributed by atoms with Crippen molar-refractivity contribution in [2.45, 2.75) is 12.8 Å². The van der Waals surface area contributed by atoms with Crippen LogP contribution in [0.25, 0.3) is 100 Å². The van der Waals surface area contributed by atoms with E-state index in [0.717, 1.165) is 84.9 Å². The fraction of sp³-hybridized carbons (Fsp3) is 0.0392. The van der Waals surface area contributed by atoms with Crippen molar-refractivity contribution in [2.75, 3.05) is 0 Å². The van der Waals surface area contributed by atoms with E-state index in [2.05, 4.69) is 168 Å². The van der Waals surface area contributed by atoms with Crippen molar-refractivity contribution >= 4 is 49.3 Å². The number of hydrogen-bond acceptors (Lipinski definition) is 4. The van der Waals surface area contributed by atoms with Crippen molar-refractivity contribution in [3.8, 4) is 51.0 Å². The highest BCUT2D eigenvalue weighted by Gasteiger charge is 2.20. The smallest absolute Gasteiger partial charge is 0.164 e. The monoisotopic (exact) mass is 718 g/mol. The van der Waals surface area contributed by atoms with Gasteiger partial charge in [0.1, 0.15) is 11.2 Å². The normalized spacial score (nSPS) is 12.9. The third-order valence-electron chi connectivity index (χ3n) is 10.9. The number of rotatable bonds is 6. The Morgan fingerprint density at radius 1 is 0.446 bits per heavy atom. The molecular weight excluding hydrogens is 685 g/mol. The summed E-state index contributed by atoms with van der Waals surface area (Å²) >= 11 is 0. The molecule has 56 heavy (non-hydrogen) atoms. The number of hydrogen-bond donors (Lipinski definition) is 0. The number of nitrogens with zero attached hydrogens (tertiary/aromatic N) is 4. The van der Waals surface area contributed by atoms with E-state index < -0.39 is 0 Å². The first-order valence-electron chi connectivity index (χ1n) is 19.1. The second-order valence-electron chi connectivity index (χ2n) is 14.3. The third kappa shape index (κ3) is 5.44. The predicted molar refractivity (Wildman–Crippen MR) is 230 cm³/mol. The molecule has 0 bridgehead atoms. The molecule has 264 valence electrons. The van der Waals surface area contributed by atoms with Gasteiger partial charge in [0.05, 0.1) is 11.0 Å². The van der Waals surface area contributed by atoms with Crippen LogP contribution in [-0.2, 0) is 0 Å². The Hall–Kier alpha value is -7.37. The average Bonchev–Trinajstić information content (AvgIpc) is 3.82. The molecule has 0 amide bonds. The molecule has 10 aromatic rings. The minimum absolute atomic E-state index is 0.595. The van der Waals surface area contributed by atoms with Crippen LogP contribution >= 0.6 is 0 Å². The Morgan fingerprint density at radius 2 is 1.07 bits per heavy atom. The fourth-order valence-corrected chi connectivity index (χ4v) is 8.23. The summed E-state index contributed by atoms with van der Waals surface area (Å²) in [4.78, 5) is 15.6. The highest BCUT2D eigenvalue weighted by Crippen LogP contribution is 2.39. The number of fused-ring (bicyclic) bond motifs is 6. The molecule has 1 aliphatic carbocycles. The van der Waals surface area contributed by atoms with Crippen LogP contribution in [0.4, 0.5) is 0 Å². The molecule has 0 aliphatic heterocycles. The lowest BCUT2D eigenvalue weighted by Crippen LogP contribution is -2.01. The maximum absolute atomic E-state index is 6.66. The topological polar surface area (TPSA) is 56.7 Å². The van der Waals surface area contributed by atoms with E-state index in [1.807, 2.05) is 18.2 Å². The second kappa shape index (κ2) is 13.2. The van der Waals surface area contributed by atoms with Crippen LogP contribution in [0.1, 0.15) is 18.4 Å². The number of allylic oxidation sites excluding steroid dienone is 4. The lowest BCUT2D eigenvalue weighted by atomic mass is 9.98. The first-order chi connectivity index (χ1) is 27.7. The van der Waals surface area contributed by atoms with Crippen LogP contribution < -0.4 is 0 Å². The maximum Gasteiger partial charge on any atom is 0.164 e. The summed E-state index contributed by atoms with van der Waals surface area (Å²) in [5, 5.41) is 4.43. The van der Waals surface area contributed by atoms with Crippen molar-refractivity contribution in [2.24, 2.45) is 0 Å². The van der Waals surface area contributed by atoms with Gasteiger partial charge in [0.25, 0.3) is 0 Å². The van der Waals surface area contributed by atoms with Gasteiger partial charge in [-0.25, -0.2) is 15.0 Å². The zero-order chi connectivity index (χ0) is 37.0. The molecule has 0 atom stereocenters. The Kier molecular flexibility index (Phi) is 7.56. The zero-order valence-electron chi connectivity index (χ0n) is 30.4. The van der Waals surface area contributed by atoms with Crippen LogP contribution in [0.2, 0.25) is 0 Å². The predicted octanol–water partition coefficient (Wildman–Crippen LogP) is 13.3. The number of furan rings is 1. The van der Waals surface area contributed by atoms with Gasteiger partial charge in [0.15, 0.2) is 17.5 Å². The lowest BCUT2D eigenvalue weighted by Gasteiger charge is -2.12. The summed E-state index contributed by atoms with van der Waals surface area (Å²) in [6, 6.07) is 57.2. The Morgan fingerprint density at radius 3 is 1.80 bits per heavy atom. The van der Waals surface area contributed by atoms with E-state index in [1.54, 1.807) is 0 Å². The molecule has 0 radical (unpaired) electrons. The Labute approximate surface area is 323 Å². The van der Waals surface area contributed by atoms with Crippen molar-refractivity contribution in [1.29, 1.82) is 0 Å². The van der Waals surface area contributed by atoms with Gasteiger partial charge in [-0.3, -0.25) is 0 Å². The molecule has 3 heterocycles. The minimum Gasteiger partial charge on any atom is -0.456 e. The van der Waals surface area contributed by atoms with E-state index >= 15 is 0 Å². The molecular formula is C51H34N4O. The molecule has 0 saturated heterocycles. The van der Waals surface area contributed by atoms with Gasteiger partial charge in [-0.1, -0.05) is 133 Å². The van der Waals surface area contributed by atoms with E-state index in [9.17, 15) is 0 Å². The highest BCUT2D eigenvalue weighted by molar-refractivity contribution is 6.13. The second-order valence-corrected chi connectivity index (χ2v) is 14.3. The minimum atomic E-state index is 0.595. The first kappa shape index (κ1) is 32.1. The molecule has 0 fully saturated rings. The third-order valence-corrected chi connectivity index (χ3v) is 10.9. The van der Waals surface area contributed by atoms with Crippen LogP contribution in [0.15, 0.2) is 186 Å². The number of benzene rings is 7. The quantitative estimate of drug-likeness (QED) is 0.172. The van der Waals surface area contributed by atoms with Gasteiger partial charge in [-0.15, -0.1) is 0 Å². The molecule has 3 aromatic heterocycles. The molecule has 0 spiro atoms. The number of aromatic nitrogens is 4. The van der Waals surface area contributed by atoms with E-state index in [1.165, 1.54) is 16.3 Å². The summed E-state index contributed by atoms with van der Waals surface area (Å²) in [5.74, 6) is 1.83. The van der Waals surface area contributed by atoms with Gasteiger partial charge >= 0.3 is 0 Å². The molecule has 0 unspecified atom stereocenters. The van der Waals surface area contributed by atoms with Crippen LogP contribution in [-0.4, -0.2) is 19.5 Å². The molecule has 0 saturated carbocycles. The van der Waals surface area contributed by atoms with E-state index in [0.29, 0.717) is 17.5 Å². The van der Waals surface area contributed by atoms with Crippen molar-refractivity contribution in [1.82, 2.24) is 19.5 Å². The summed E-state index contributed by atoms with van der Waals surface area (Å²) in [6.45, 7) is 0. The summed E-state index contributed by atoms with van der Waals surface area (Å²) in [7, 11) is 0. The molecule has 11 rings (SSSR count). The van der Waals surface area contributed by atoms with E-state index in [-0.39, 0.29) is 0 Å². The molecule has 5 nitrogen and oxygen atoms in total. The zero-order valence-corrected chi connectivity index (χ0v) is 30.4. The lowest BCUT2D eigenvalue weighted by molar-refractivity contribution is 0.668. The summed E-state index contributed by atoms with van der Waals surface area (Å²) < 4.78 is 8.98. The van der Waals surface area contributed by atoms with Crippen molar-refractivity contribution < 1.29 is 4.42 Å². The average molecular weight is 719 g/mol. The Bertz CT molecular complexity index is 3150. The number of para-hydroxylation sites is 2. The van der Waals surface area contributed by atoms with Gasteiger partial charge in [0, 0.05) is 50.0 Å². The first-order valence-corrected chi connectivity index (χ1v) is 19.1. The summed E-state index contributed by atoms with van der Waals surface area (Å²) in [6.07, 6.45) is 8.86. The van der Waals surface area contributed by atoms with Crippen molar-refractivity contribution in [3.05, 3.63) is 188 Å². The molecule has 7 aromatic carbocycles. The Balaban J connectivity index is 1.10. The highest BCUT2D eigenvalue weighted by atomic mass is 16.3. The molecule has 1 aliphatic rings. The fourth-order valence-electron chi connectivity index (χ4n) is 8.23. The van der Waals surface area contributed by atoms with Gasteiger partial charge < -0.3 is 8.98 Å². The van der Waals surface area contributed by atoms with Gasteiger partial charge in [0.2, 0.25) is 0 Å². The van der Waals surface area contributed by atoms with Gasteiger partial charge in [-0.05, 0) is 77.6 Å².